The monoisotopic (exact) mass is 461 g/mol. The number of aliphatic carboxylic acids is 1. The molecule has 168 valence electrons. The summed E-state index contributed by atoms with van der Waals surface area (Å²) in [6.45, 7) is 0. The maximum atomic E-state index is 12.5. The summed E-state index contributed by atoms with van der Waals surface area (Å²) < 4.78 is 0. The summed E-state index contributed by atoms with van der Waals surface area (Å²) in [4.78, 5) is 31.6. The van der Waals surface area contributed by atoms with E-state index in [1.54, 1.807) is 0 Å². The van der Waals surface area contributed by atoms with Crippen LogP contribution < -0.4 is 5.32 Å². The summed E-state index contributed by atoms with van der Waals surface area (Å²) >= 11 is 6.08. The van der Waals surface area contributed by atoms with E-state index in [4.69, 9.17) is 11.6 Å². The van der Waals surface area contributed by atoms with Gasteiger partial charge in [-0.05, 0) is 47.4 Å². The average Bonchev–Trinajstić information content (AvgIpc) is 3.21. The highest BCUT2D eigenvalue weighted by Crippen LogP contribution is 2.23. The molecular weight excluding hydrogens is 438 g/mol. The largest absolute Gasteiger partial charge is 0.481 e. The van der Waals surface area contributed by atoms with Gasteiger partial charge in [0, 0.05) is 23.9 Å². The number of para-hydroxylation sites is 2. The van der Waals surface area contributed by atoms with Crippen molar-refractivity contribution in [3.8, 4) is 11.1 Å². The number of carboxylic acids is 1. The maximum Gasteiger partial charge on any atom is 0.305 e. The number of hydrogen-bond donors (Lipinski definition) is 3. The van der Waals surface area contributed by atoms with Crippen molar-refractivity contribution in [1.82, 2.24) is 15.3 Å². The number of H-pyrrole nitrogens is 1. The molecule has 1 unspecified atom stereocenters. The Hall–Kier alpha value is -3.64. The minimum atomic E-state index is -0.951. The van der Waals surface area contributed by atoms with Crippen LogP contribution in [0.5, 0.6) is 0 Å². The Morgan fingerprint density at radius 1 is 1.00 bits per heavy atom. The molecule has 0 aliphatic carbocycles. The Morgan fingerprint density at radius 3 is 2.52 bits per heavy atom. The van der Waals surface area contributed by atoms with Crippen LogP contribution in [-0.4, -0.2) is 33.0 Å². The molecule has 1 heterocycles. The van der Waals surface area contributed by atoms with Crippen LogP contribution in [0.1, 0.15) is 24.2 Å². The molecule has 0 radical (unpaired) electrons. The highest BCUT2D eigenvalue weighted by Gasteiger charge is 2.17. The Kier molecular flexibility index (Phi) is 7.05. The zero-order valence-electron chi connectivity index (χ0n) is 17.9. The van der Waals surface area contributed by atoms with Gasteiger partial charge in [-0.3, -0.25) is 9.59 Å². The van der Waals surface area contributed by atoms with Crippen molar-refractivity contribution in [2.24, 2.45) is 0 Å². The van der Waals surface area contributed by atoms with E-state index in [-0.39, 0.29) is 18.7 Å². The Balaban J connectivity index is 1.37. The van der Waals surface area contributed by atoms with Gasteiger partial charge >= 0.3 is 5.97 Å². The van der Waals surface area contributed by atoms with E-state index in [0.29, 0.717) is 17.9 Å². The number of carboxylic acid groups (broad SMARTS) is 1. The molecule has 1 amide bonds. The number of benzene rings is 3. The van der Waals surface area contributed by atoms with Gasteiger partial charge in [-0.15, -0.1) is 0 Å². The molecule has 0 aliphatic heterocycles. The standard InChI is InChI=1S/C26H24ClN3O3/c27-20-5-3-4-19(15-20)18-10-8-17(9-11-18)14-21(16-26(32)33)28-25(31)13-12-24-29-22-6-1-2-7-23(22)30-24/h1-11,15,21H,12-14,16H2,(H,28,31)(H,29,30)(H,32,33). The summed E-state index contributed by atoms with van der Waals surface area (Å²) in [6.07, 6.45) is 0.962. The number of aromatic nitrogens is 2. The van der Waals surface area contributed by atoms with E-state index in [9.17, 15) is 14.7 Å². The number of aromatic amines is 1. The van der Waals surface area contributed by atoms with Crippen LogP contribution >= 0.6 is 11.6 Å². The number of aryl methyl sites for hydroxylation is 1. The number of halogens is 1. The second-order valence-corrected chi connectivity index (χ2v) is 8.41. The lowest BCUT2D eigenvalue weighted by Crippen LogP contribution is -2.38. The summed E-state index contributed by atoms with van der Waals surface area (Å²) in [5.74, 6) is -0.414. The average molecular weight is 462 g/mol. The van der Waals surface area contributed by atoms with Gasteiger partial charge in [-0.2, -0.15) is 0 Å². The normalized spacial score (nSPS) is 11.9. The smallest absolute Gasteiger partial charge is 0.305 e. The first-order valence-electron chi connectivity index (χ1n) is 10.8. The highest BCUT2D eigenvalue weighted by molar-refractivity contribution is 6.30. The predicted molar refractivity (Wildman–Crippen MR) is 129 cm³/mol. The molecule has 0 aliphatic rings. The summed E-state index contributed by atoms with van der Waals surface area (Å²) in [6, 6.07) is 22.6. The molecule has 3 N–H and O–H groups in total. The van der Waals surface area contributed by atoms with E-state index in [1.807, 2.05) is 72.8 Å². The fourth-order valence-electron chi connectivity index (χ4n) is 3.83. The number of hydrogen-bond acceptors (Lipinski definition) is 3. The van der Waals surface area contributed by atoms with Gasteiger partial charge in [-0.1, -0.05) is 60.1 Å². The summed E-state index contributed by atoms with van der Waals surface area (Å²) in [5.41, 5.74) is 4.77. The van der Waals surface area contributed by atoms with Gasteiger partial charge in [0.1, 0.15) is 5.82 Å². The quantitative estimate of drug-likeness (QED) is 0.326. The van der Waals surface area contributed by atoms with Crippen molar-refractivity contribution in [1.29, 1.82) is 0 Å². The lowest BCUT2D eigenvalue weighted by atomic mass is 9.99. The molecule has 0 spiro atoms. The predicted octanol–water partition coefficient (Wildman–Crippen LogP) is 5.02. The molecule has 1 aromatic heterocycles. The minimum Gasteiger partial charge on any atom is -0.481 e. The van der Waals surface area contributed by atoms with Crippen molar-refractivity contribution in [2.75, 3.05) is 0 Å². The van der Waals surface area contributed by atoms with Crippen molar-refractivity contribution in [3.05, 3.63) is 89.2 Å². The number of fused-ring (bicyclic) bond motifs is 1. The first-order valence-corrected chi connectivity index (χ1v) is 11.1. The summed E-state index contributed by atoms with van der Waals surface area (Å²) in [7, 11) is 0. The van der Waals surface area contributed by atoms with E-state index in [1.165, 1.54) is 0 Å². The molecule has 4 rings (SSSR count). The van der Waals surface area contributed by atoms with E-state index >= 15 is 0 Å². The van der Waals surface area contributed by atoms with Crippen LogP contribution in [0.2, 0.25) is 5.02 Å². The third-order valence-electron chi connectivity index (χ3n) is 5.41. The Bertz CT molecular complexity index is 1230. The van der Waals surface area contributed by atoms with E-state index in [0.717, 1.165) is 33.5 Å². The molecule has 1 atom stereocenters. The van der Waals surface area contributed by atoms with Gasteiger partial charge < -0.3 is 15.4 Å². The Morgan fingerprint density at radius 2 is 1.79 bits per heavy atom. The number of nitrogens with zero attached hydrogens (tertiary/aromatic N) is 1. The van der Waals surface area contributed by atoms with E-state index < -0.39 is 12.0 Å². The first kappa shape index (κ1) is 22.6. The van der Waals surface area contributed by atoms with Crippen LogP contribution in [0.25, 0.3) is 22.2 Å². The molecule has 0 bridgehead atoms. The third-order valence-corrected chi connectivity index (χ3v) is 5.64. The topological polar surface area (TPSA) is 95.1 Å². The fraction of sp³-hybridized carbons (Fsp3) is 0.192. The maximum absolute atomic E-state index is 12.5. The van der Waals surface area contributed by atoms with Gasteiger partial charge in [0.2, 0.25) is 5.91 Å². The lowest BCUT2D eigenvalue weighted by molar-refractivity contribution is -0.137. The van der Waals surface area contributed by atoms with Crippen LogP contribution in [0.4, 0.5) is 0 Å². The molecule has 33 heavy (non-hydrogen) atoms. The molecule has 7 heteroatoms. The van der Waals surface area contributed by atoms with Crippen LogP contribution in [0.3, 0.4) is 0 Å². The minimum absolute atomic E-state index is 0.146. The van der Waals surface area contributed by atoms with Crippen LogP contribution in [-0.2, 0) is 22.4 Å². The molecule has 0 saturated heterocycles. The number of imidazole rings is 1. The zero-order chi connectivity index (χ0) is 23.2. The first-order chi connectivity index (χ1) is 16.0. The second kappa shape index (κ2) is 10.3. The Labute approximate surface area is 196 Å². The third kappa shape index (κ3) is 6.20. The molecular formula is C26H24ClN3O3. The second-order valence-electron chi connectivity index (χ2n) is 7.97. The van der Waals surface area contributed by atoms with Gasteiger partial charge in [0.05, 0.1) is 17.5 Å². The number of nitrogens with one attached hydrogen (secondary N) is 2. The lowest BCUT2D eigenvalue weighted by Gasteiger charge is -2.17. The van der Waals surface area contributed by atoms with Crippen LogP contribution in [0, 0.1) is 0 Å². The molecule has 4 aromatic rings. The fourth-order valence-corrected chi connectivity index (χ4v) is 4.02. The molecule has 6 nitrogen and oxygen atoms in total. The molecule has 3 aromatic carbocycles. The van der Waals surface area contributed by atoms with Gasteiger partial charge in [0.15, 0.2) is 0 Å². The molecule has 0 saturated carbocycles. The SMILES string of the molecule is O=C(O)CC(Cc1ccc(-c2cccc(Cl)c2)cc1)NC(=O)CCc1nc2ccccc2[nH]1. The van der Waals surface area contributed by atoms with Gasteiger partial charge in [0.25, 0.3) is 0 Å². The van der Waals surface area contributed by atoms with E-state index in [2.05, 4.69) is 15.3 Å². The highest BCUT2D eigenvalue weighted by atomic mass is 35.5. The number of carbonyl (C=O) groups is 2. The number of amides is 1. The van der Waals surface area contributed by atoms with Crippen molar-refractivity contribution >= 4 is 34.5 Å². The van der Waals surface area contributed by atoms with Gasteiger partial charge in [-0.25, -0.2) is 4.98 Å². The van der Waals surface area contributed by atoms with Crippen molar-refractivity contribution < 1.29 is 14.7 Å². The van der Waals surface area contributed by atoms with Crippen LogP contribution in [0.15, 0.2) is 72.8 Å². The number of rotatable bonds is 9. The molecule has 0 fully saturated rings. The summed E-state index contributed by atoms with van der Waals surface area (Å²) in [5, 5.41) is 12.8. The van der Waals surface area contributed by atoms with Crippen molar-refractivity contribution in [3.63, 3.8) is 0 Å². The van der Waals surface area contributed by atoms with Crippen molar-refractivity contribution in [2.45, 2.75) is 31.7 Å². The zero-order valence-corrected chi connectivity index (χ0v) is 18.7. The number of carbonyl (C=O) groups excluding carboxylic acids is 1.